The molecule has 1 aliphatic rings. The van der Waals surface area contributed by atoms with Crippen molar-refractivity contribution < 1.29 is 14.2 Å². The Kier molecular flexibility index (Phi) is 5.65. The third-order valence-corrected chi connectivity index (χ3v) is 4.54. The van der Waals surface area contributed by atoms with E-state index >= 15 is 0 Å². The quantitative estimate of drug-likeness (QED) is 0.848. The molecule has 1 N–H and O–H groups in total. The molecule has 7 nitrogen and oxygen atoms in total. The van der Waals surface area contributed by atoms with E-state index in [0.29, 0.717) is 29.1 Å². The summed E-state index contributed by atoms with van der Waals surface area (Å²) in [5.74, 6) is 3.88. The number of rotatable bonds is 6. The van der Waals surface area contributed by atoms with Crippen molar-refractivity contribution in [2.45, 2.75) is 19.8 Å². The molecule has 0 aliphatic carbocycles. The van der Waals surface area contributed by atoms with Crippen molar-refractivity contribution in [1.29, 1.82) is 0 Å². The summed E-state index contributed by atoms with van der Waals surface area (Å²) in [4.78, 5) is 11.3. The highest BCUT2D eigenvalue weighted by Gasteiger charge is 2.18. The van der Waals surface area contributed by atoms with Crippen LogP contribution in [0.4, 0.5) is 17.5 Å². The van der Waals surface area contributed by atoms with Crippen LogP contribution in [0.3, 0.4) is 0 Å². The maximum Gasteiger partial charge on any atom is 0.229 e. The lowest BCUT2D eigenvalue weighted by molar-refractivity contribution is 0.324. The van der Waals surface area contributed by atoms with E-state index < -0.39 is 0 Å². The summed E-state index contributed by atoms with van der Waals surface area (Å²) < 4.78 is 16.1. The summed E-state index contributed by atoms with van der Waals surface area (Å²) in [5, 5.41) is 3.23. The van der Waals surface area contributed by atoms with Gasteiger partial charge in [-0.3, -0.25) is 0 Å². The third kappa shape index (κ3) is 3.92. The predicted molar refractivity (Wildman–Crippen MR) is 102 cm³/mol. The van der Waals surface area contributed by atoms with Gasteiger partial charge >= 0.3 is 0 Å². The van der Waals surface area contributed by atoms with E-state index in [9.17, 15) is 0 Å². The lowest BCUT2D eigenvalue weighted by Crippen LogP contribution is -2.34. The Labute approximate surface area is 154 Å². The van der Waals surface area contributed by atoms with Crippen LogP contribution in [0, 0.1) is 5.92 Å². The molecule has 1 aliphatic heterocycles. The number of hydrogen-bond donors (Lipinski definition) is 1. The maximum absolute atomic E-state index is 5.39. The average Bonchev–Trinajstić information content (AvgIpc) is 2.67. The Morgan fingerprint density at radius 2 is 1.85 bits per heavy atom. The molecule has 1 aromatic carbocycles. The molecule has 3 rings (SSSR count). The molecule has 1 unspecified atom stereocenters. The molecule has 1 aromatic heterocycles. The van der Waals surface area contributed by atoms with Gasteiger partial charge in [-0.2, -0.15) is 4.98 Å². The fourth-order valence-corrected chi connectivity index (χ4v) is 3.27. The molecule has 7 heteroatoms. The zero-order valence-corrected chi connectivity index (χ0v) is 15.8. The molecule has 26 heavy (non-hydrogen) atoms. The molecule has 1 saturated heterocycles. The minimum absolute atomic E-state index is 0.537. The minimum Gasteiger partial charge on any atom is -0.493 e. The number of anilines is 3. The maximum atomic E-state index is 5.39. The molecule has 2 aromatic rings. The Hall–Kier alpha value is -2.70. The second-order valence-electron chi connectivity index (χ2n) is 6.47. The first-order chi connectivity index (χ1) is 12.6. The summed E-state index contributed by atoms with van der Waals surface area (Å²) in [6.07, 6.45) is 4.25. The lowest BCUT2D eigenvalue weighted by atomic mass is 10.0. The third-order valence-electron chi connectivity index (χ3n) is 4.54. The Morgan fingerprint density at radius 1 is 1.12 bits per heavy atom. The van der Waals surface area contributed by atoms with E-state index in [1.165, 1.54) is 12.8 Å². The molecule has 140 valence electrons. The van der Waals surface area contributed by atoms with Gasteiger partial charge in [0, 0.05) is 37.1 Å². The Balaban J connectivity index is 1.84. The number of benzene rings is 1. The molecule has 1 fully saturated rings. The SMILES string of the molecule is COc1cc(Nc2nccc(N3CCCC(C)C3)n2)cc(OC)c1OC. The molecule has 0 spiro atoms. The highest BCUT2D eigenvalue weighted by Crippen LogP contribution is 2.40. The van der Waals surface area contributed by atoms with Gasteiger partial charge < -0.3 is 24.4 Å². The van der Waals surface area contributed by atoms with Crippen molar-refractivity contribution in [2.24, 2.45) is 5.92 Å². The zero-order chi connectivity index (χ0) is 18.5. The first-order valence-corrected chi connectivity index (χ1v) is 8.79. The van der Waals surface area contributed by atoms with E-state index in [0.717, 1.165) is 24.6 Å². The molecule has 0 saturated carbocycles. The van der Waals surface area contributed by atoms with Crippen molar-refractivity contribution in [3.05, 3.63) is 24.4 Å². The summed E-state index contributed by atoms with van der Waals surface area (Å²) in [7, 11) is 4.77. The normalized spacial score (nSPS) is 16.9. The van der Waals surface area contributed by atoms with Crippen LogP contribution in [0.5, 0.6) is 17.2 Å². The van der Waals surface area contributed by atoms with Gasteiger partial charge in [-0.15, -0.1) is 0 Å². The van der Waals surface area contributed by atoms with Crippen LogP contribution >= 0.6 is 0 Å². The van der Waals surface area contributed by atoms with Crippen LogP contribution < -0.4 is 24.4 Å². The second kappa shape index (κ2) is 8.12. The van der Waals surface area contributed by atoms with Crippen molar-refractivity contribution in [2.75, 3.05) is 44.6 Å². The minimum atomic E-state index is 0.537. The van der Waals surface area contributed by atoms with Crippen LogP contribution in [0.2, 0.25) is 0 Å². The number of ether oxygens (including phenoxy) is 3. The highest BCUT2D eigenvalue weighted by atomic mass is 16.5. The van der Waals surface area contributed by atoms with E-state index in [1.54, 1.807) is 27.5 Å². The monoisotopic (exact) mass is 358 g/mol. The van der Waals surface area contributed by atoms with Crippen molar-refractivity contribution in [3.63, 3.8) is 0 Å². The van der Waals surface area contributed by atoms with E-state index in [2.05, 4.69) is 27.1 Å². The van der Waals surface area contributed by atoms with E-state index in [-0.39, 0.29) is 0 Å². The van der Waals surface area contributed by atoms with E-state index in [4.69, 9.17) is 14.2 Å². The Bertz CT molecular complexity index is 728. The molecule has 0 amide bonds. The van der Waals surface area contributed by atoms with Gasteiger partial charge in [-0.25, -0.2) is 4.98 Å². The second-order valence-corrected chi connectivity index (χ2v) is 6.47. The van der Waals surface area contributed by atoms with Gasteiger partial charge in [0.1, 0.15) is 5.82 Å². The largest absolute Gasteiger partial charge is 0.493 e. The molecule has 2 heterocycles. The van der Waals surface area contributed by atoms with Gasteiger partial charge in [-0.05, 0) is 24.8 Å². The summed E-state index contributed by atoms with van der Waals surface area (Å²) in [5.41, 5.74) is 0.767. The molecular weight excluding hydrogens is 332 g/mol. The fourth-order valence-electron chi connectivity index (χ4n) is 3.27. The first kappa shape index (κ1) is 18.1. The predicted octanol–water partition coefficient (Wildman–Crippen LogP) is 3.48. The number of aromatic nitrogens is 2. The number of nitrogens with zero attached hydrogens (tertiary/aromatic N) is 3. The van der Waals surface area contributed by atoms with Crippen molar-refractivity contribution in [1.82, 2.24) is 9.97 Å². The average molecular weight is 358 g/mol. The zero-order valence-electron chi connectivity index (χ0n) is 15.8. The van der Waals surface area contributed by atoms with Gasteiger partial charge in [0.2, 0.25) is 11.7 Å². The van der Waals surface area contributed by atoms with Crippen molar-refractivity contribution in [3.8, 4) is 17.2 Å². The lowest BCUT2D eigenvalue weighted by Gasteiger charge is -2.31. The molecular formula is C19H26N4O3. The van der Waals surface area contributed by atoms with Crippen LogP contribution in [0.25, 0.3) is 0 Å². The number of nitrogens with one attached hydrogen (secondary N) is 1. The number of hydrogen-bond acceptors (Lipinski definition) is 7. The van der Waals surface area contributed by atoms with Crippen LogP contribution in [0.1, 0.15) is 19.8 Å². The van der Waals surface area contributed by atoms with Crippen LogP contribution in [-0.4, -0.2) is 44.4 Å². The molecule has 1 atom stereocenters. The van der Waals surface area contributed by atoms with Gasteiger partial charge in [0.25, 0.3) is 0 Å². The van der Waals surface area contributed by atoms with Gasteiger partial charge in [-0.1, -0.05) is 6.92 Å². The first-order valence-electron chi connectivity index (χ1n) is 8.79. The number of piperidine rings is 1. The smallest absolute Gasteiger partial charge is 0.229 e. The van der Waals surface area contributed by atoms with Gasteiger partial charge in [0.15, 0.2) is 11.5 Å². The van der Waals surface area contributed by atoms with Crippen LogP contribution in [-0.2, 0) is 0 Å². The number of methoxy groups -OCH3 is 3. The summed E-state index contributed by atoms with van der Waals surface area (Å²) in [6.45, 7) is 4.34. The topological polar surface area (TPSA) is 68.7 Å². The summed E-state index contributed by atoms with van der Waals surface area (Å²) in [6, 6.07) is 5.62. The van der Waals surface area contributed by atoms with Crippen molar-refractivity contribution >= 4 is 17.5 Å². The fraction of sp³-hybridized carbons (Fsp3) is 0.474. The van der Waals surface area contributed by atoms with Crippen LogP contribution in [0.15, 0.2) is 24.4 Å². The Morgan fingerprint density at radius 3 is 2.46 bits per heavy atom. The van der Waals surface area contributed by atoms with Gasteiger partial charge in [0.05, 0.1) is 21.3 Å². The van der Waals surface area contributed by atoms with E-state index in [1.807, 2.05) is 18.2 Å². The standard InChI is InChI=1S/C19H26N4O3/c1-13-6-5-9-23(12-13)17-7-8-20-19(22-17)21-14-10-15(24-2)18(26-4)16(11-14)25-3/h7-8,10-11,13H,5-6,9,12H2,1-4H3,(H,20,21,22). The molecule has 0 bridgehead atoms. The molecule has 0 radical (unpaired) electrons. The highest BCUT2D eigenvalue weighted by molar-refractivity contribution is 5.66. The summed E-state index contributed by atoms with van der Waals surface area (Å²) >= 11 is 0.